The molecule has 2 aromatic rings. The molecular formula is C18H26ClN3O2S. The molecule has 7 heteroatoms. The predicted octanol–water partition coefficient (Wildman–Crippen LogP) is 2.98. The van der Waals surface area contributed by atoms with Crippen LogP contribution in [0.2, 0.25) is 0 Å². The first kappa shape index (κ1) is 20.1. The van der Waals surface area contributed by atoms with E-state index in [1.807, 2.05) is 30.3 Å². The van der Waals surface area contributed by atoms with E-state index in [4.69, 9.17) is 5.73 Å². The Balaban J connectivity index is 0.00000225. The minimum Gasteiger partial charge on any atom is -0.329 e. The molecule has 3 N–H and O–H groups in total. The summed E-state index contributed by atoms with van der Waals surface area (Å²) in [5.41, 5.74) is 6.92. The zero-order chi connectivity index (χ0) is 17.2. The average molecular weight is 384 g/mol. The van der Waals surface area contributed by atoms with E-state index in [1.165, 1.54) is 0 Å². The number of nitrogens with zero attached hydrogens (tertiary/aromatic N) is 1. The average Bonchev–Trinajstić information content (AvgIpc) is 2.57. The Morgan fingerprint density at radius 2 is 2.04 bits per heavy atom. The highest BCUT2D eigenvalue weighted by molar-refractivity contribution is 7.88. The van der Waals surface area contributed by atoms with E-state index >= 15 is 0 Å². The molecular weight excluding hydrogens is 358 g/mol. The van der Waals surface area contributed by atoms with Crippen LogP contribution in [0.5, 0.6) is 0 Å². The topological polar surface area (TPSA) is 85.1 Å². The van der Waals surface area contributed by atoms with Gasteiger partial charge in [-0.2, -0.15) is 0 Å². The van der Waals surface area contributed by atoms with Crippen LogP contribution in [0.25, 0.3) is 10.9 Å². The molecule has 0 aliphatic heterocycles. The SMILES string of the molecule is CC1CCCCC1(CN)NS(=O)(=O)Cc1cccc2cccnc12.Cl. The standard InChI is InChI=1S/C18H25N3O2S.ClH/c1-14-6-2-3-10-18(14,13-19)21-24(22,23)12-16-8-4-7-15-9-5-11-20-17(15)16;/h4-5,7-9,11,14,21H,2-3,6,10,12-13,19H2,1H3;1H. The van der Waals surface area contributed by atoms with Gasteiger partial charge in [0, 0.05) is 23.7 Å². The minimum atomic E-state index is -3.50. The lowest BCUT2D eigenvalue weighted by atomic mass is 9.74. The number of nitrogens with two attached hydrogens (primary N) is 1. The number of fused-ring (bicyclic) bond motifs is 1. The van der Waals surface area contributed by atoms with Crippen molar-refractivity contribution in [3.8, 4) is 0 Å². The third-order valence-corrected chi connectivity index (χ3v) is 6.65. The van der Waals surface area contributed by atoms with Crippen molar-refractivity contribution >= 4 is 33.3 Å². The van der Waals surface area contributed by atoms with E-state index in [0.29, 0.717) is 6.54 Å². The summed E-state index contributed by atoms with van der Waals surface area (Å²) in [5.74, 6) is 0.173. The number of rotatable bonds is 5. The molecule has 25 heavy (non-hydrogen) atoms. The monoisotopic (exact) mass is 383 g/mol. The molecule has 0 spiro atoms. The van der Waals surface area contributed by atoms with Crippen LogP contribution in [0.1, 0.15) is 38.2 Å². The van der Waals surface area contributed by atoms with Crippen LogP contribution in [-0.4, -0.2) is 25.5 Å². The Hall–Kier alpha value is -1.21. The van der Waals surface area contributed by atoms with Crippen molar-refractivity contribution in [2.75, 3.05) is 6.54 Å². The quantitative estimate of drug-likeness (QED) is 0.831. The summed E-state index contributed by atoms with van der Waals surface area (Å²) in [7, 11) is -3.50. The Kier molecular flexibility index (Phi) is 6.43. The number of aromatic nitrogens is 1. The van der Waals surface area contributed by atoms with Gasteiger partial charge < -0.3 is 5.73 Å². The third kappa shape index (κ3) is 4.31. The molecule has 0 bridgehead atoms. The number of halogens is 1. The maximum Gasteiger partial charge on any atom is 0.216 e. The van der Waals surface area contributed by atoms with Gasteiger partial charge in [-0.15, -0.1) is 12.4 Å². The normalized spacial score (nSPS) is 24.0. The summed E-state index contributed by atoms with van der Waals surface area (Å²) in [6, 6.07) is 9.43. The summed E-state index contributed by atoms with van der Waals surface area (Å²) < 4.78 is 28.6. The second-order valence-corrected chi connectivity index (χ2v) is 8.58. The first-order valence-electron chi connectivity index (χ1n) is 8.50. The molecule has 0 saturated heterocycles. The minimum absolute atomic E-state index is 0. The Bertz CT molecular complexity index is 823. The number of hydrogen-bond acceptors (Lipinski definition) is 4. The second-order valence-electron chi connectivity index (χ2n) is 6.86. The molecule has 0 amide bonds. The van der Waals surface area contributed by atoms with Gasteiger partial charge in [-0.05, 0) is 30.4 Å². The smallest absolute Gasteiger partial charge is 0.216 e. The zero-order valence-corrected chi connectivity index (χ0v) is 16.1. The van der Waals surface area contributed by atoms with Crippen LogP contribution in [0.4, 0.5) is 0 Å². The van der Waals surface area contributed by atoms with Crippen molar-refractivity contribution in [1.29, 1.82) is 0 Å². The molecule has 1 aromatic heterocycles. The maximum absolute atomic E-state index is 12.8. The van der Waals surface area contributed by atoms with Crippen molar-refractivity contribution < 1.29 is 8.42 Å². The first-order valence-corrected chi connectivity index (χ1v) is 10.2. The van der Waals surface area contributed by atoms with Gasteiger partial charge >= 0.3 is 0 Å². The van der Waals surface area contributed by atoms with E-state index in [0.717, 1.165) is 42.1 Å². The fourth-order valence-corrected chi connectivity index (χ4v) is 5.47. The number of hydrogen-bond donors (Lipinski definition) is 2. The summed E-state index contributed by atoms with van der Waals surface area (Å²) >= 11 is 0. The van der Waals surface area contributed by atoms with E-state index < -0.39 is 15.6 Å². The van der Waals surface area contributed by atoms with Crippen LogP contribution >= 0.6 is 12.4 Å². The van der Waals surface area contributed by atoms with Crippen LogP contribution in [-0.2, 0) is 15.8 Å². The second kappa shape index (κ2) is 7.99. The summed E-state index contributed by atoms with van der Waals surface area (Å²) in [6.07, 6.45) is 5.65. The van der Waals surface area contributed by atoms with E-state index in [9.17, 15) is 8.42 Å². The molecule has 1 aliphatic rings. The van der Waals surface area contributed by atoms with Crippen LogP contribution in [0.3, 0.4) is 0 Å². The van der Waals surface area contributed by atoms with Crippen LogP contribution in [0, 0.1) is 5.92 Å². The highest BCUT2D eigenvalue weighted by atomic mass is 35.5. The van der Waals surface area contributed by atoms with Crippen molar-refractivity contribution in [3.63, 3.8) is 0 Å². The van der Waals surface area contributed by atoms with Crippen molar-refractivity contribution in [3.05, 3.63) is 42.1 Å². The molecule has 2 atom stereocenters. The van der Waals surface area contributed by atoms with Crippen molar-refractivity contribution in [2.45, 2.75) is 43.9 Å². The molecule has 1 fully saturated rings. The highest BCUT2D eigenvalue weighted by Crippen LogP contribution is 2.34. The Morgan fingerprint density at radius 3 is 2.76 bits per heavy atom. The molecule has 2 unspecified atom stereocenters. The van der Waals surface area contributed by atoms with Gasteiger partial charge in [0.05, 0.1) is 11.3 Å². The Morgan fingerprint density at radius 1 is 1.28 bits per heavy atom. The van der Waals surface area contributed by atoms with Crippen LogP contribution in [0.15, 0.2) is 36.5 Å². The number of pyridine rings is 1. The molecule has 3 rings (SSSR count). The Labute approximate surface area is 155 Å². The van der Waals surface area contributed by atoms with Crippen LogP contribution < -0.4 is 10.5 Å². The predicted molar refractivity (Wildman–Crippen MR) is 104 cm³/mol. The fourth-order valence-electron chi connectivity index (χ4n) is 3.74. The number of sulfonamides is 1. The fraction of sp³-hybridized carbons (Fsp3) is 0.500. The van der Waals surface area contributed by atoms with E-state index in [-0.39, 0.29) is 24.1 Å². The zero-order valence-electron chi connectivity index (χ0n) is 14.4. The van der Waals surface area contributed by atoms with Crippen molar-refractivity contribution in [2.24, 2.45) is 11.7 Å². The van der Waals surface area contributed by atoms with Gasteiger partial charge in [0.15, 0.2) is 0 Å². The number of benzene rings is 1. The first-order chi connectivity index (χ1) is 11.5. The lowest BCUT2D eigenvalue weighted by Gasteiger charge is -2.42. The molecule has 138 valence electrons. The summed E-state index contributed by atoms with van der Waals surface area (Å²) in [4.78, 5) is 4.35. The van der Waals surface area contributed by atoms with Gasteiger partial charge in [0.25, 0.3) is 0 Å². The summed E-state index contributed by atoms with van der Waals surface area (Å²) in [5, 5.41) is 0.949. The molecule has 1 aliphatic carbocycles. The maximum atomic E-state index is 12.8. The summed E-state index contributed by atoms with van der Waals surface area (Å²) in [6.45, 7) is 2.43. The molecule has 1 heterocycles. The molecule has 1 saturated carbocycles. The van der Waals surface area contributed by atoms with E-state index in [2.05, 4.69) is 16.6 Å². The lowest BCUT2D eigenvalue weighted by molar-refractivity contribution is 0.191. The number of para-hydroxylation sites is 1. The van der Waals surface area contributed by atoms with Gasteiger partial charge in [0.2, 0.25) is 10.0 Å². The van der Waals surface area contributed by atoms with Gasteiger partial charge in [-0.25, -0.2) is 13.1 Å². The van der Waals surface area contributed by atoms with Gasteiger partial charge in [-0.1, -0.05) is 44.0 Å². The number of nitrogens with one attached hydrogen (secondary N) is 1. The van der Waals surface area contributed by atoms with Gasteiger partial charge in [0.1, 0.15) is 0 Å². The highest BCUT2D eigenvalue weighted by Gasteiger charge is 2.40. The largest absolute Gasteiger partial charge is 0.329 e. The third-order valence-electron chi connectivity index (χ3n) is 5.24. The lowest BCUT2D eigenvalue weighted by Crippen LogP contribution is -2.59. The van der Waals surface area contributed by atoms with Crippen molar-refractivity contribution in [1.82, 2.24) is 9.71 Å². The molecule has 0 radical (unpaired) electrons. The molecule has 1 aromatic carbocycles. The van der Waals surface area contributed by atoms with E-state index in [1.54, 1.807) is 6.20 Å². The van der Waals surface area contributed by atoms with Gasteiger partial charge in [-0.3, -0.25) is 4.98 Å². The molecule has 5 nitrogen and oxygen atoms in total.